The number of aromatic nitrogens is 2. The molecule has 158 valence electrons. The average Bonchev–Trinajstić information content (AvgIpc) is 3.25. The summed E-state index contributed by atoms with van der Waals surface area (Å²) in [5.41, 5.74) is 4.11. The first-order chi connectivity index (χ1) is 14.3. The van der Waals surface area contributed by atoms with Crippen LogP contribution in [0.4, 0.5) is 0 Å². The molecule has 0 saturated carbocycles. The summed E-state index contributed by atoms with van der Waals surface area (Å²) in [5, 5.41) is 5.33. The molecule has 1 N–H and O–H groups in total. The van der Waals surface area contributed by atoms with Crippen LogP contribution in [-0.2, 0) is 27.7 Å². The van der Waals surface area contributed by atoms with E-state index in [1.807, 2.05) is 53.3 Å². The molecule has 0 bridgehead atoms. The fourth-order valence-corrected chi connectivity index (χ4v) is 4.41. The van der Waals surface area contributed by atoms with Gasteiger partial charge in [-0.2, -0.15) is 5.10 Å². The van der Waals surface area contributed by atoms with Crippen LogP contribution >= 0.6 is 0 Å². The van der Waals surface area contributed by atoms with Gasteiger partial charge in [0.05, 0.1) is 11.8 Å². The minimum absolute atomic E-state index is 0.266. The van der Waals surface area contributed by atoms with Crippen LogP contribution in [0.25, 0.3) is 11.1 Å². The van der Waals surface area contributed by atoms with Crippen molar-refractivity contribution >= 4 is 15.7 Å². The highest BCUT2D eigenvalue weighted by molar-refractivity contribution is 7.93. The molecule has 1 atom stereocenters. The summed E-state index contributed by atoms with van der Waals surface area (Å²) in [6, 6.07) is 17.9. The Labute approximate surface area is 177 Å². The summed E-state index contributed by atoms with van der Waals surface area (Å²) in [4.78, 5) is 12.4. The first-order valence-electron chi connectivity index (χ1n) is 9.94. The van der Waals surface area contributed by atoms with E-state index in [1.165, 1.54) is 6.92 Å². The van der Waals surface area contributed by atoms with E-state index in [2.05, 4.69) is 22.5 Å². The lowest BCUT2D eigenvalue weighted by Gasteiger charge is -2.17. The summed E-state index contributed by atoms with van der Waals surface area (Å²) in [6.45, 7) is 5.58. The molecule has 0 aliphatic carbocycles. The standard InChI is InChI=1S/C23H27N3O3S/c1-17(2)30(28,29)18(3)23(27)24-15-21-7-4-5-8-22(21)20-11-9-19(10-12-20)16-26-14-6-13-25-26/h4-14,17-18H,15-16H2,1-3H3,(H,24,27). The highest BCUT2D eigenvalue weighted by Crippen LogP contribution is 2.24. The van der Waals surface area contributed by atoms with Gasteiger partial charge in [0.1, 0.15) is 5.25 Å². The van der Waals surface area contributed by atoms with Gasteiger partial charge in [-0.1, -0.05) is 48.5 Å². The minimum atomic E-state index is -3.49. The van der Waals surface area contributed by atoms with Crippen LogP contribution < -0.4 is 5.32 Å². The van der Waals surface area contributed by atoms with Gasteiger partial charge in [-0.25, -0.2) is 8.42 Å². The average molecular weight is 426 g/mol. The number of hydrogen-bond acceptors (Lipinski definition) is 4. The van der Waals surface area contributed by atoms with E-state index in [9.17, 15) is 13.2 Å². The second-order valence-corrected chi connectivity index (χ2v) is 10.4. The molecule has 1 amide bonds. The summed E-state index contributed by atoms with van der Waals surface area (Å²) >= 11 is 0. The molecule has 6 nitrogen and oxygen atoms in total. The van der Waals surface area contributed by atoms with E-state index in [0.717, 1.165) is 22.3 Å². The molecule has 1 unspecified atom stereocenters. The molecule has 1 aromatic heterocycles. The smallest absolute Gasteiger partial charge is 0.238 e. The number of rotatable bonds is 8. The number of hydrogen-bond donors (Lipinski definition) is 1. The largest absolute Gasteiger partial charge is 0.351 e. The van der Waals surface area contributed by atoms with Gasteiger partial charge < -0.3 is 5.32 Å². The molecule has 3 aromatic rings. The number of sulfone groups is 1. The maximum atomic E-state index is 12.4. The first kappa shape index (κ1) is 21.8. The van der Waals surface area contributed by atoms with Gasteiger partial charge in [0.2, 0.25) is 5.91 Å². The molecule has 0 saturated heterocycles. The lowest BCUT2D eigenvalue weighted by molar-refractivity contribution is -0.120. The number of amides is 1. The van der Waals surface area contributed by atoms with Crippen LogP contribution in [0.3, 0.4) is 0 Å². The van der Waals surface area contributed by atoms with Crippen molar-refractivity contribution in [2.45, 2.75) is 44.4 Å². The zero-order valence-corrected chi connectivity index (χ0v) is 18.3. The third-order valence-electron chi connectivity index (χ3n) is 5.16. The van der Waals surface area contributed by atoms with Crippen molar-refractivity contribution in [1.82, 2.24) is 15.1 Å². The molecule has 3 rings (SSSR count). The van der Waals surface area contributed by atoms with Crippen molar-refractivity contribution in [3.63, 3.8) is 0 Å². The van der Waals surface area contributed by atoms with E-state index >= 15 is 0 Å². The van der Waals surface area contributed by atoms with Crippen LogP contribution in [0.2, 0.25) is 0 Å². The lowest BCUT2D eigenvalue weighted by atomic mass is 9.98. The van der Waals surface area contributed by atoms with Gasteiger partial charge in [0.15, 0.2) is 9.84 Å². The number of nitrogens with one attached hydrogen (secondary N) is 1. The van der Waals surface area contributed by atoms with Crippen molar-refractivity contribution in [3.8, 4) is 11.1 Å². The zero-order valence-electron chi connectivity index (χ0n) is 17.4. The molecule has 0 aliphatic heterocycles. The zero-order chi connectivity index (χ0) is 21.7. The molecular formula is C23H27N3O3S. The summed E-state index contributed by atoms with van der Waals surface area (Å²) in [6.07, 6.45) is 3.68. The van der Waals surface area contributed by atoms with Crippen molar-refractivity contribution in [1.29, 1.82) is 0 Å². The van der Waals surface area contributed by atoms with Crippen molar-refractivity contribution < 1.29 is 13.2 Å². The second-order valence-electron chi connectivity index (χ2n) is 7.56. The molecule has 30 heavy (non-hydrogen) atoms. The molecule has 0 radical (unpaired) electrons. The van der Waals surface area contributed by atoms with E-state index in [1.54, 1.807) is 20.0 Å². The van der Waals surface area contributed by atoms with E-state index in [4.69, 9.17) is 0 Å². The van der Waals surface area contributed by atoms with Gasteiger partial charge in [-0.05, 0) is 49.1 Å². The number of carbonyl (C=O) groups excluding carboxylic acids is 1. The molecule has 2 aromatic carbocycles. The Morgan fingerprint density at radius 2 is 1.73 bits per heavy atom. The maximum absolute atomic E-state index is 12.4. The molecule has 0 aliphatic rings. The first-order valence-corrected chi connectivity index (χ1v) is 11.5. The molecule has 7 heteroatoms. The van der Waals surface area contributed by atoms with Crippen LogP contribution in [0.1, 0.15) is 31.9 Å². The fourth-order valence-electron chi connectivity index (χ4n) is 3.21. The fraction of sp³-hybridized carbons (Fsp3) is 0.304. The third-order valence-corrected chi connectivity index (χ3v) is 7.67. The summed E-state index contributed by atoms with van der Waals surface area (Å²) < 4.78 is 26.4. The van der Waals surface area contributed by atoms with Crippen LogP contribution in [0.5, 0.6) is 0 Å². The van der Waals surface area contributed by atoms with Gasteiger partial charge in [-0.3, -0.25) is 9.48 Å². The predicted octanol–water partition coefficient (Wildman–Crippen LogP) is 3.43. The SMILES string of the molecule is CC(C)S(=O)(=O)C(C)C(=O)NCc1ccccc1-c1ccc(Cn2cccn2)cc1. The molecule has 1 heterocycles. The predicted molar refractivity (Wildman–Crippen MR) is 119 cm³/mol. The van der Waals surface area contributed by atoms with Crippen molar-refractivity contribution in [2.24, 2.45) is 0 Å². The highest BCUT2D eigenvalue weighted by atomic mass is 32.2. The number of benzene rings is 2. The second kappa shape index (κ2) is 9.26. The Hall–Kier alpha value is -2.93. The quantitative estimate of drug-likeness (QED) is 0.600. The van der Waals surface area contributed by atoms with Gasteiger partial charge in [0, 0.05) is 18.9 Å². The van der Waals surface area contributed by atoms with Crippen LogP contribution in [0, 0.1) is 0 Å². The van der Waals surface area contributed by atoms with E-state index < -0.39 is 26.2 Å². The normalized spacial score (nSPS) is 12.7. The van der Waals surface area contributed by atoms with Crippen molar-refractivity contribution in [2.75, 3.05) is 0 Å². The van der Waals surface area contributed by atoms with E-state index in [0.29, 0.717) is 6.54 Å². The van der Waals surface area contributed by atoms with Crippen LogP contribution in [0.15, 0.2) is 67.0 Å². The maximum Gasteiger partial charge on any atom is 0.238 e. The Bertz CT molecular complexity index is 1090. The Kier molecular flexibility index (Phi) is 6.72. The minimum Gasteiger partial charge on any atom is -0.351 e. The number of carbonyl (C=O) groups is 1. The van der Waals surface area contributed by atoms with Gasteiger partial charge >= 0.3 is 0 Å². The number of nitrogens with zero attached hydrogens (tertiary/aromatic N) is 2. The lowest BCUT2D eigenvalue weighted by Crippen LogP contribution is -2.40. The molecule has 0 fully saturated rings. The van der Waals surface area contributed by atoms with Gasteiger partial charge in [-0.15, -0.1) is 0 Å². The Morgan fingerprint density at radius 1 is 1.03 bits per heavy atom. The van der Waals surface area contributed by atoms with Crippen LogP contribution in [-0.4, -0.2) is 34.6 Å². The van der Waals surface area contributed by atoms with E-state index in [-0.39, 0.29) is 6.54 Å². The highest BCUT2D eigenvalue weighted by Gasteiger charge is 2.30. The Morgan fingerprint density at radius 3 is 2.37 bits per heavy atom. The molecule has 0 spiro atoms. The summed E-state index contributed by atoms with van der Waals surface area (Å²) in [5.74, 6) is -0.479. The third kappa shape index (κ3) is 4.97. The Balaban J connectivity index is 1.72. The summed E-state index contributed by atoms with van der Waals surface area (Å²) in [7, 11) is -3.49. The monoisotopic (exact) mass is 425 g/mol. The molecular weight excluding hydrogens is 398 g/mol. The van der Waals surface area contributed by atoms with Crippen molar-refractivity contribution in [3.05, 3.63) is 78.1 Å². The van der Waals surface area contributed by atoms with Gasteiger partial charge in [0.25, 0.3) is 0 Å². The topological polar surface area (TPSA) is 81.1 Å².